The van der Waals surface area contributed by atoms with Gasteiger partial charge >= 0.3 is 0 Å². The molecule has 0 bridgehead atoms. The molecular formula is C27H35N3O4S. The van der Waals surface area contributed by atoms with E-state index >= 15 is 0 Å². The third-order valence-electron chi connectivity index (χ3n) is 7.14. The molecule has 188 valence electrons. The summed E-state index contributed by atoms with van der Waals surface area (Å²) in [6, 6.07) is 11.1. The molecule has 8 heteroatoms. The van der Waals surface area contributed by atoms with Gasteiger partial charge in [-0.15, -0.1) is 0 Å². The summed E-state index contributed by atoms with van der Waals surface area (Å²) in [6.45, 7) is 6.18. The van der Waals surface area contributed by atoms with Gasteiger partial charge in [0, 0.05) is 56.0 Å². The number of carbonyl (C=O) groups excluding carboxylic acids is 2. The maximum absolute atomic E-state index is 13.1. The number of aromatic nitrogens is 1. The van der Waals surface area contributed by atoms with Crippen molar-refractivity contribution in [2.75, 3.05) is 26.2 Å². The number of hydrogen-bond acceptors (Lipinski definition) is 5. The van der Waals surface area contributed by atoms with Crippen molar-refractivity contribution in [3.05, 3.63) is 59.9 Å². The maximum Gasteiger partial charge on any atom is 0.244 e. The number of rotatable bonds is 7. The Morgan fingerprint density at radius 3 is 2.14 bits per heavy atom. The molecule has 35 heavy (non-hydrogen) atoms. The minimum absolute atomic E-state index is 0.0542. The summed E-state index contributed by atoms with van der Waals surface area (Å²) in [7, 11) is -3.58. The number of likely N-dealkylation sites (tertiary alicyclic amines) is 1. The first-order valence-electron chi connectivity index (χ1n) is 12.6. The van der Waals surface area contributed by atoms with Gasteiger partial charge in [-0.1, -0.05) is 38.1 Å². The van der Waals surface area contributed by atoms with Gasteiger partial charge in [-0.3, -0.25) is 14.6 Å². The van der Waals surface area contributed by atoms with Gasteiger partial charge in [-0.2, -0.15) is 4.31 Å². The minimum Gasteiger partial charge on any atom is -0.342 e. The lowest BCUT2D eigenvalue weighted by Gasteiger charge is -2.36. The molecule has 3 heterocycles. The summed E-state index contributed by atoms with van der Waals surface area (Å²) >= 11 is 0. The average molecular weight is 498 g/mol. The van der Waals surface area contributed by atoms with Crippen LogP contribution in [0.4, 0.5) is 0 Å². The van der Waals surface area contributed by atoms with Gasteiger partial charge in [0.25, 0.3) is 0 Å². The molecule has 0 unspecified atom stereocenters. The summed E-state index contributed by atoms with van der Waals surface area (Å²) in [5.74, 6) is 0.614. The Morgan fingerprint density at radius 2 is 1.57 bits per heavy atom. The van der Waals surface area contributed by atoms with Crippen LogP contribution < -0.4 is 0 Å². The first-order valence-corrected chi connectivity index (χ1v) is 14.0. The SMILES string of the molecule is CC(C)Cc1ccc(C(=O)C2CCN(C(=O)C3CCN(S(=O)(=O)c4cccnc4)CC3)CC2)cc1. The highest BCUT2D eigenvalue weighted by Gasteiger charge is 2.35. The summed E-state index contributed by atoms with van der Waals surface area (Å²) in [6.07, 6.45) is 6.28. The van der Waals surface area contributed by atoms with Crippen molar-refractivity contribution in [3.8, 4) is 0 Å². The zero-order chi connectivity index (χ0) is 25.0. The number of ketones is 1. The van der Waals surface area contributed by atoms with Gasteiger partial charge < -0.3 is 4.90 Å². The van der Waals surface area contributed by atoms with E-state index < -0.39 is 10.0 Å². The molecule has 0 saturated carbocycles. The second-order valence-electron chi connectivity index (χ2n) is 10.1. The lowest BCUT2D eigenvalue weighted by molar-refractivity contribution is -0.138. The third-order valence-corrected chi connectivity index (χ3v) is 9.02. The molecule has 0 radical (unpaired) electrons. The number of pyridine rings is 1. The van der Waals surface area contributed by atoms with Crippen LogP contribution in [0.1, 0.15) is 55.5 Å². The highest BCUT2D eigenvalue weighted by Crippen LogP contribution is 2.28. The molecule has 1 amide bonds. The molecule has 1 aromatic carbocycles. The number of nitrogens with zero attached hydrogens (tertiary/aromatic N) is 3. The first-order chi connectivity index (χ1) is 16.8. The highest BCUT2D eigenvalue weighted by molar-refractivity contribution is 7.89. The Kier molecular flexibility index (Phi) is 8.02. The van der Waals surface area contributed by atoms with Crippen molar-refractivity contribution in [1.82, 2.24) is 14.2 Å². The van der Waals surface area contributed by atoms with Crippen molar-refractivity contribution in [1.29, 1.82) is 0 Å². The molecule has 2 fully saturated rings. The lowest BCUT2D eigenvalue weighted by atomic mass is 9.87. The fourth-order valence-electron chi connectivity index (χ4n) is 5.12. The summed E-state index contributed by atoms with van der Waals surface area (Å²) in [5.41, 5.74) is 2.00. The van der Waals surface area contributed by atoms with E-state index in [0.717, 1.165) is 12.0 Å². The number of carbonyl (C=O) groups is 2. The standard InChI is InChI=1S/C27H35N3O4S/c1-20(2)18-21-5-7-22(8-6-21)26(31)23-9-14-29(15-10-23)27(32)24-11-16-30(17-12-24)35(33,34)25-4-3-13-28-19-25/h3-8,13,19-20,23-24H,9-12,14-18H2,1-2H3. The quantitative estimate of drug-likeness (QED) is 0.543. The zero-order valence-corrected chi connectivity index (χ0v) is 21.4. The molecule has 0 N–H and O–H groups in total. The van der Waals surface area contributed by atoms with E-state index in [1.807, 2.05) is 29.2 Å². The summed E-state index contributed by atoms with van der Waals surface area (Å²) in [4.78, 5) is 32.1. The van der Waals surface area contributed by atoms with Crippen molar-refractivity contribution >= 4 is 21.7 Å². The minimum atomic E-state index is -3.58. The van der Waals surface area contributed by atoms with E-state index in [1.165, 1.54) is 16.1 Å². The van der Waals surface area contributed by atoms with E-state index in [1.54, 1.807) is 18.3 Å². The zero-order valence-electron chi connectivity index (χ0n) is 20.6. The summed E-state index contributed by atoms with van der Waals surface area (Å²) < 4.78 is 27.1. The molecule has 2 aliphatic rings. The van der Waals surface area contributed by atoms with Crippen LogP contribution in [0.15, 0.2) is 53.7 Å². The number of sulfonamides is 1. The van der Waals surface area contributed by atoms with Crippen LogP contribution >= 0.6 is 0 Å². The van der Waals surface area contributed by atoms with E-state index in [-0.39, 0.29) is 28.4 Å². The van der Waals surface area contributed by atoms with Crippen LogP contribution in [0.25, 0.3) is 0 Å². The molecule has 7 nitrogen and oxygen atoms in total. The van der Waals surface area contributed by atoms with Gasteiger partial charge in [-0.05, 0) is 55.7 Å². The van der Waals surface area contributed by atoms with Crippen molar-refractivity contribution in [2.45, 2.75) is 50.8 Å². The van der Waals surface area contributed by atoms with Crippen LogP contribution in [0.3, 0.4) is 0 Å². The van der Waals surface area contributed by atoms with Gasteiger partial charge in [-0.25, -0.2) is 8.42 Å². The molecular weight excluding hydrogens is 462 g/mol. The normalized spacial score (nSPS) is 18.7. The second kappa shape index (κ2) is 11.0. The Morgan fingerprint density at radius 1 is 0.943 bits per heavy atom. The topological polar surface area (TPSA) is 87.7 Å². The molecule has 0 atom stereocenters. The number of amides is 1. The van der Waals surface area contributed by atoms with E-state index in [4.69, 9.17) is 0 Å². The van der Waals surface area contributed by atoms with Crippen LogP contribution in [0, 0.1) is 17.8 Å². The predicted molar refractivity (Wildman–Crippen MR) is 134 cm³/mol. The molecule has 0 aliphatic carbocycles. The van der Waals surface area contributed by atoms with E-state index in [0.29, 0.717) is 57.8 Å². The van der Waals surface area contributed by atoms with E-state index in [2.05, 4.69) is 18.8 Å². The molecule has 2 aromatic rings. The smallest absolute Gasteiger partial charge is 0.244 e. The number of hydrogen-bond donors (Lipinski definition) is 0. The second-order valence-corrected chi connectivity index (χ2v) is 12.1. The largest absolute Gasteiger partial charge is 0.342 e. The monoisotopic (exact) mass is 497 g/mol. The van der Waals surface area contributed by atoms with Crippen LogP contribution in [-0.4, -0.2) is 60.5 Å². The average Bonchev–Trinajstić information content (AvgIpc) is 2.88. The Hall–Kier alpha value is -2.58. The van der Waals surface area contributed by atoms with Crippen molar-refractivity contribution in [2.24, 2.45) is 17.8 Å². The number of benzene rings is 1. The maximum atomic E-state index is 13.1. The van der Waals surface area contributed by atoms with Gasteiger partial charge in [0.2, 0.25) is 15.9 Å². The Labute approximate surface area is 208 Å². The molecule has 2 aliphatic heterocycles. The van der Waals surface area contributed by atoms with Crippen molar-refractivity contribution in [3.63, 3.8) is 0 Å². The van der Waals surface area contributed by atoms with Crippen molar-refractivity contribution < 1.29 is 18.0 Å². The number of Topliss-reactive ketones (excluding diaryl/α,β-unsaturated/α-hetero) is 1. The third kappa shape index (κ3) is 5.98. The fraction of sp³-hybridized carbons (Fsp3) is 0.519. The van der Waals surface area contributed by atoms with Crippen LogP contribution in [-0.2, 0) is 21.2 Å². The fourth-order valence-corrected chi connectivity index (χ4v) is 6.56. The highest BCUT2D eigenvalue weighted by atomic mass is 32.2. The summed E-state index contributed by atoms with van der Waals surface area (Å²) in [5, 5.41) is 0. The first kappa shape index (κ1) is 25.5. The Balaban J connectivity index is 1.27. The predicted octanol–water partition coefficient (Wildman–Crippen LogP) is 3.80. The molecule has 1 aromatic heterocycles. The van der Waals surface area contributed by atoms with Gasteiger partial charge in [0.15, 0.2) is 5.78 Å². The molecule has 2 saturated heterocycles. The Bertz CT molecular complexity index is 1120. The van der Waals surface area contributed by atoms with Gasteiger partial charge in [0.1, 0.15) is 4.90 Å². The van der Waals surface area contributed by atoms with E-state index in [9.17, 15) is 18.0 Å². The van der Waals surface area contributed by atoms with Crippen LogP contribution in [0.5, 0.6) is 0 Å². The number of piperidine rings is 2. The lowest BCUT2D eigenvalue weighted by Crippen LogP contribution is -2.47. The molecule has 4 rings (SSSR count). The van der Waals surface area contributed by atoms with Gasteiger partial charge in [0.05, 0.1) is 0 Å². The van der Waals surface area contributed by atoms with Crippen LogP contribution in [0.2, 0.25) is 0 Å². The molecule has 0 spiro atoms.